The van der Waals surface area contributed by atoms with E-state index in [2.05, 4.69) is 24.3 Å². The van der Waals surface area contributed by atoms with Gasteiger partial charge < -0.3 is 15.3 Å². The van der Waals surface area contributed by atoms with Gasteiger partial charge in [-0.1, -0.05) is 31.4 Å². The van der Waals surface area contributed by atoms with Crippen molar-refractivity contribution in [1.29, 1.82) is 0 Å². The van der Waals surface area contributed by atoms with Crippen LogP contribution in [-0.4, -0.2) is 36.2 Å². The van der Waals surface area contributed by atoms with Crippen LogP contribution in [0.1, 0.15) is 37.7 Å². The van der Waals surface area contributed by atoms with E-state index >= 15 is 0 Å². The SMILES string of the molecule is CN(C)C1(CNCc2cccc(F)c2O)CCCCC1. The van der Waals surface area contributed by atoms with Crippen molar-refractivity contribution >= 4 is 0 Å². The number of aromatic hydroxyl groups is 1. The zero-order valence-corrected chi connectivity index (χ0v) is 12.5. The molecule has 20 heavy (non-hydrogen) atoms. The Balaban J connectivity index is 1.95. The van der Waals surface area contributed by atoms with Crippen LogP contribution in [0.25, 0.3) is 0 Å². The summed E-state index contributed by atoms with van der Waals surface area (Å²) >= 11 is 0. The Hall–Kier alpha value is -1.13. The Morgan fingerprint density at radius 3 is 2.60 bits per heavy atom. The number of phenols is 1. The Labute approximate surface area is 120 Å². The Morgan fingerprint density at radius 2 is 1.95 bits per heavy atom. The van der Waals surface area contributed by atoms with Crippen LogP contribution in [0.5, 0.6) is 5.75 Å². The van der Waals surface area contributed by atoms with Gasteiger partial charge in [0.05, 0.1) is 0 Å². The maximum atomic E-state index is 13.3. The highest BCUT2D eigenvalue weighted by molar-refractivity contribution is 5.33. The fourth-order valence-electron chi connectivity index (χ4n) is 3.12. The summed E-state index contributed by atoms with van der Waals surface area (Å²) in [7, 11) is 4.26. The van der Waals surface area contributed by atoms with Crippen molar-refractivity contribution < 1.29 is 9.50 Å². The first-order valence-electron chi connectivity index (χ1n) is 7.40. The van der Waals surface area contributed by atoms with Crippen LogP contribution in [0.3, 0.4) is 0 Å². The van der Waals surface area contributed by atoms with Crippen molar-refractivity contribution in [3.05, 3.63) is 29.6 Å². The molecule has 2 N–H and O–H groups in total. The molecule has 2 rings (SSSR count). The number of phenolic OH excluding ortho intramolecular Hbond substituents is 1. The van der Waals surface area contributed by atoms with E-state index < -0.39 is 5.82 Å². The molecule has 0 radical (unpaired) electrons. The van der Waals surface area contributed by atoms with E-state index in [4.69, 9.17) is 0 Å². The lowest BCUT2D eigenvalue weighted by Crippen LogP contribution is -2.52. The molecule has 0 spiro atoms. The highest BCUT2D eigenvalue weighted by atomic mass is 19.1. The molecule has 0 unspecified atom stereocenters. The highest BCUT2D eigenvalue weighted by Gasteiger charge is 2.33. The van der Waals surface area contributed by atoms with Gasteiger partial charge in [0.2, 0.25) is 0 Å². The highest BCUT2D eigenvalue weighted by Crippen LogP contribution is 2.31. The third kappa shape index (κ3) is 3.30. The van der Waals surface area contributed by atoms with Gasteiger partial charge in [-0.3, -0.25) is 0 Å². The third-order valence-electron chi connectivity index (χ3n) is 4.57. The summed E-state index contributed by atoms with van der Waals surface area (Å²) in [6.07, 6.45) is 6.25. The van der Waals surface area contributed by atoms with Gasteiger partial charge in [-0.05, 0) is 33.0 Å². The molecule has 1 fully saturated rings. The first-order chi connectivity index (χ1) is 9.55. The number of benzene rings is 1. The Kier molecular flexibility index (Phi) is 5.00. The molecular weight excluding hydrogens is 255 g/mol. The van der Waals surface area contributed by atoms with E-state index in [1.54, 1.807) is 12.1 Å². The Bertz CT molecular complexity index is 442. The van der Waals surface area contributed by atoms with Gasteiger partial charge in [0.25, 0.3) is 0 Å². The molecule has 0 heterocycles. The molecule has 112 valence electrons. The van der Waals surface area contributed by atoms with Crippen LogP contribution in [-0.2, 0) is 6.54 Å². The number of nitrogens with one attached hydrogen (secondary N) is 1. The summed E-state index contributed by atoms with van der Waals surface area (Å²) in [5, 5.41) is 13.1. The third-order valence-corrected chi connectivity index (χ3v) is 4.57. The molecule has 1 aliphatic carbocycles. The van der Waals surface area contributed by atoms with Crippen molar-refractivity contribution in [1.82, 2.24) is 10.2 Å². The molecule has 0 amide bonds. The molecule has 0 atom stereocenters. The van der Waals surface area contributed by atoms with E-state index in [1.165, 1.54) is 38.2 Å². The zero-order chi connectivity index (χ0) is 14.6. The molecule has 1 aromatic carbocycles. The summed E-state index contributed by atoms with van der Waals surface area (Å²) in [6.45, 7) is 1.37. The number of likely N-dealkylation sites (N-methyl/N-ethyl adjacent to an activating group) is 1. The molecular formula is C16H25FN2O. The molecule has 0 aromatic heterocycles. The molecule has 1 aromatic rings. The van der Waals surface area contributed by atoms with Crippen molar-refractivity contribution in [2.24, 2.45) is 0 Å². The largest absolute Gasteiger partial charge is 0.505 e. The maximum Gasteiger partial charge on any atom is 0.165 e. The van der Waals surface area contributed by atoms with Gasteiger partial charge in [0.15, 0.2) is 11.6 Å². The minimum atomic E-state index is -0.552. The molecule has 0 bridgehead atoms. The number of hydrogen-bond donors (Lipinski definition) is 2. The lowest BCUT2D eigenvalue weighted by Gasteiger charge is -2.43. The second-order valence-corrected chi connectivity index (χ2v) is 6.03. The monoisotopic (exact) mass is 280 g/mol. The predicted molar refractivity (Wildman–Crippen MR) is 79.3 cm³/mol. The van der Waals surface area contributed by atoms with Crippen LogP contribution >= 0.6 is 0 Å². The van der Waals surface area contributed by atoms with Crippen molar-refractivity contribution in [3.8, 4) is 5.75 Å². The summed E-state index contributed by atoms with van der Waals surface area (Å²) in [6, 6.07) is 4.67. The van der Waals surface area contributed by atoms with Gasteiger partial charge >= 0.3 is 0 Å². The van der Waals surface area contributed by atoms with Gasteiger partial charge in [-0.25, -0.2) is 4.39 Å². The summed E-state index contributed by atoms with van der Waals surface area (Å²) < 4.78 is 13.3. The first-order valence-corrected chi connectivity index (χ1v) is 7.40. The average molecular weight is 280 g/mol. The van der Waals surface area contributed by atoms with E-state index in [0.717, 1.165) is 6.54 Å². The van der Waals surface area contributed by atoms with E-state index in [9.17, 15) is 9.50 Å². The lowest BCUT2D eigenvalue weighted by atomic mass is 9.80. The number of hydrogen-bond acceptors (Lipinski definition) is 3. The minimum Gasteiger partial charge on any atom is -0.505 e. The number of rotatable bonds is 5. The standard InChI is InChI=1S/C16H25FN2O/c1-19(2)16(9-4-3-5-10-16)12-18-11-13-7-6-8-14(17)15(13)20/h6-8,18,20H,3-5,9-12H2,1-2H3. The van der Waals surface area contributed by atoms with Gasteiger partial charge in [0.1, 0.15) is 0 Å². The second-order valence-electron chi connectivity index (χ2n) is 6.03. The lowest BCUT2D eigenvalue weighted by molar-refractivity contribution is 0.0983. The smallest absolute Gasteiger partial charge is 0.165 e. The number of nitrogens with zero attached hydrogens (tertiary/aromatic N) is 1. The van der Waals surface area contributed by atoms with Crippen LogP contribution in [0.15, 0.2) is 18.2 Å². The summed E-state index contributed by atoms with van der Waals surface area (Å²) in [4.78, 5) is 2.31. The molecule has 0 saturated heterocycles. The molecule has 3 nitrogen and oxygen atoms in total. The van der Waals surface area contributed by atoms with Crippen LogP contribution in [0.2, 0.25) is 0 Å². The van der Waals surface area contributed by atoms with E-state index in [1.807, 2.05) is 0 Å². The van der Waals surface area contributed by atoms with E-state index in [-0.39, 0.29) is 11.3 Å². The topological polar surface area (TPSA) is 35.5 Å². The average Bonchev–Trinajstić information content (AvgIpc) is 2.44. The normalized spacial score (nSPS) is 18.4. The molecule has 1 saturated carbocycles. The van der Waals surface area contributed by atoms with E-state index in [0.29, 0.717) is 12.1 Å². The fourth-order valence-corrected chi connectivity index (χ4v) is 3.12. The number of halogens is 1. The quantitative estimate of drug-likeness (QED) is 0.870. The second kappa shape index (κ2) is 6.55. The molecule has 4 heteroatoms. The first kappa shape index (κ1) is 15.3. The van der Waals surface area contributed by atoms with Crippen molar-refractivity contribution in [3.63, 3.8) is 0 Å². The van der Waals surface area contributed by atoms with Gasteiger partial charge in [0, 0.05) is 24.2 Å². The van der Waals surface area contributed by atoms with Gasteiger partial charge in [-0.15, -0.1) is 0 Å². The van der Waals surface area contributed by atoms with Crippen molar-refractivity contribution in [2.75, 3.05) is 20.6 Å². The molecule has 0 aliphatic heterocycles. The van der Waals surface area contributed by atoms with Crippen LogP contribution in [0, 0.1) is 5.82 Å². The Morgan fingerprint density at radius 1 is 1.25 bits per heavy atom. The van der Waals surface area contributed by atoms with Crippen LogP contribution < -0.4 is 5.32 Å². The summed E-state index contributed by atoms with van der Waals surface area (Å²) in [5.74, 6) is -0.785. The predicted octanol–water partition coefficient (Wildman–Crippen LogP) is 2.89. The van der Waals surface area contributed by atoms with Crippen molar-refractivity contribution in [2.45, 2.75) is 44.2 Å². The molecule has 1 aliphatic rings. The van der Waals surface area contributed by atoms with Crippen LogP contribution in [0.4, 0.5) is 4.39 Å². The zero-order valence-electron chi connectivity index (χ0n) is 12.5. The fraction of sp³-hybridized carbons (Fsp3) is 0.625. The minimum absolute atomic E-state index is 0.196. The number of para-hydroxylation sites is 1. The summed E-state index contributed by atoms with van der Waals surface area (Å²) in [5.41, 5.74) is 0.816. The maximum absolute atomic E-state index is 13.3. The van der Waals surface area contributed by atoms with Gasteiger partial charge in [-0.2, -0.15) is 0 Å².